The van der Waals surface area contributed by atoms with Crippen LogP contribution in [0.5, 0.6) is 11.5 Å². The lowest BCUT2D eigenvalue weighted by molar-refractivity contribution is -0.139. The minimum atomic E-state index is -0.867. The first-order valence-corrected chi connectivity index (χ1v) is 13.7. The Balaban J connectivity index is 1.57. The third-order valence-corrected chi connectivity index (χ3v) is 7.57. The van der Waals surface area contributed by atoms with Crippen molar-refractivity contribution in [1.82, 2.24) is 4.57 Å². The van der Waals surface area contributed by atoms with Gasteiger partial charge in [-0.15, -0.1) is 0 Å². The summed E-state index contributed by atoms with van der Waals surface area (Å²) in [6.07, 6.45) is 1.66. The molecule has 1 atom stereocenters. The highest BCUT2D eigenvalue weighted by Gasteiger charge is 2.33. The average Bonchev–Trinajstić information content (AvgIpc) is 3.26. The number of hydrogen-bond donors (Lipinski definition) is 0. The summed E-state index contributed by atoms with van der Waals surface area (Å²) in [7, 11) is 1.48. The topological polar surface area (TPSA) is 79.1 Å². The van der Waals surface area contributed by atoms with Crippen molar-refractivity contribution in [2.45, 2.75) is 26.5 Å². The van der Waals surface area contributed by atoms with E-state index in [-0.39, 0.29) is 24.5 Å². The fraction of sp³-hybridized carbons (Fsp3) is 0.194. The van der Waals surface area contributed by atoms with Gasteiger partial charge in [0.05, 0.1) is 35.6 Å². The minimum absolute atomic E-state index is 0.0820. The zero-order valence-electron chi connectivity index (χ0n) is 22.8. The van der Waals surface area contributed by atoms with Gasteiger partial charge in [0.25, 0.3) is 5.56 Å². The summed E-state index contributed by atoms with van der Waals surface area (Å²) in [5.41, 5.74) is 1.90. The molecule has 4 aromatic rings. The van der Waals surface area contributed by atoms with Crippen LogP contribution in [0, 0.1) is 17.5 Å². The Morgan fingerprint density at radius 2 is 1.74 bits per heavy atom. The Hall–Kier alpha value is -4.64. The van der Waals surface area contributed by atoms with Gasteiger partial charge in [-0.2, -0.15) is 0 Å². The molecule has 7 nitrogen and oxygen atoms in total. The number of ether oxygens (including phenoxy) is 3. The molecule has 0 saturated heterocycles. The van der Waals surface area contributed by atoms with Gasteiger partial charge in [-0.3, -0.25) is 9.36 Å². The molecule has 216 valence electrons. The first-order valence-electron chi connectivity index (χ1n) is 12.9. The lowest BCUT2D eigenvalue weighted by Gasteiger charge is -2.24. The first-order chi connectivity index (χ1) is 20.2. The molecule has 0 unspecified atom stereocenters. The number of methoxy groups -OCH3 is 1. The molecule has 0 amide bonds. The van der Waals surface area contributed by atoms with Crippen LogP contribution in [0.3, 0.4) is 0 Å². The summed E-state index contributed by atoms with van der Waals surface area (Å²) >= 11 is 1.14. The predicted octanol–water partition coefficient (Wildman–Crippen LogP) is 4.80. The normalized spacial score (nSPS) is 14.8. The number of aromatic nitrogens is 1. The molecule has 0 spiro atoms. The van der Waals surface area contributed by atoms with Crippen LogP contribution in [-0.2, 0) is 16.1 Å². The first kappa shape index (κ1) is 28.9. The molecule has 11 heteroatoms. The summed E-state index contributed by atoms with van der Waals surface area (Å²) in [6.45, 7) is 3.40. The van der Waals surface area contributed by atoms with Crippen molar-refractivity contribution in [3.05, 3.63) is 126 Å². The van der Waals surface area contributed by atoms with Crippen molar-refractivity contribution < 1.29 is 32.2 Å². The monoisotopic (exact) mass is 594 g/mol. The number of hydrogen-bond acceptors (Lipinski definition) is 7. The second-order valence-corrected chi connectivity index (χ2v) is 10.3. The molecule has 2 heterocycles. The number of carbonyl (C=O) groups excluding carboxylic acids is 1. The van der Waals surface area contributed by atoms with E-state index in [0.717, 1.165) is 23.5 Å². The Morgan fingerprint density at radius 1 is 1.02 bits per heavy atom. The smallest absolute Gasteiger partial charge is 0.338 e. The van der Waals surface area contributed by atoms with Crippen LogP contribution < -0.4 is 24.4 Å². The molecule has 5 rings (SSSR count). The van der Waals surface area contributed by atoms with Crippen molar-refractivity contribution in [1.29, 1.82) is 0 Å². The van der Waals surface area contributed by atoms with Crippen molar-refractivity contribution in [3.8, 4) is 11.5 Å². The number of thiazole rings is 1. The highest BCUT2D eigenvalue weighted by atomic mass is 32.1. The van der Waals surface area contributed by atoms with E-state index in [1.54, 1.807) is 38.1 Å². The highest BCUT2D eigenvalue weighted by molar-refractivity contribution is 7.07. The van der Waals surface area contributed by atoms with Gasteiger partial charge < -0.3 is 14.2 Å². The summed E-state index contributed by atoms with van der Waals surface area (Å²) < 4.78 is 59.1. The average molecular weight is 595 g/mol. The van der Waals surface area contributed by atoms with Gasteiger partial charge in [0, 0.05) is 11.6 Å². The molecule has 0 radical (unpaired) electrons. The minimum Gasteiger partial charge on any atom is -0.496 e. The number of fused-ring (bicyclic) bond motifs is 1. The number of carbonyl (C=O) groups is 1. The third-order valence-electron chi connectivity index (χ3n) is 6.58. The second kappa shape index (κ2) is 12.1. The molecule has 0 aliphatic carbocycles. The van der Waals surface area contributed by atoms with E-state index in [9.17, 15) is 22.8 Å². The maximum Gasteiger partial charge on any atom is 0.338 e. The van der Waals surface area contributed by atoms with Crippen LogP contribution >= 0.6 is 11.3 Å². The Bertz CT molecular complexity index is 1880. The van der Waals surface area contributed by atoms with Gasteiger partial charge >= 0.3 is 5.97 Å². The zero-order valence-corrected chi connectivity index (χ0v) is 23.6. The quantitative estimate of drug-likeness (QED) is 0.274. The van der Waals surface area contributed by atoms with Gasteiger partial charge in [-0.05, 0) is 67.4 Å². The van der Waals surface area contributed by atoms with Crippen LogP contribution in [0.1, 0.15) is 36.6 Å². The highest BCUT2D eigenvalue weighted by Crippen LogP contribution is 2.31. The third kappa shape index (κ3) is 5.73. The molecule has 3 aromatic carbocycles. The predicted molar refractivity (Wildman–Crippen MR) is 150 cm³/mol. The number of benzene rings is 3. The molecule has 42 heavy (non-hydrogen) atoms. The number of esters is 1. The van der Waals surface area contributed by atoms with Crippen LogP contribution in [0.2, 0.25) is 0 Å². The molecule has 0 bridgehead atoms. The maximum atomic E-state index is 14.1. The largest absolute Gasteiger partial charge is 0.496 e. The maximum absolute atomic E-state index is 14.1. The van der Waals surface area contributed by atoms with Gasteiger partial charge in [-0.25, -0.2) is 23.0 Å². The molecular weight excluding hydrogens is 569 g/mol. The summed E-state index contributed by atoms with van der Waals surface area (Å²) in [4.78, 5) is 31.7. The van der Waals surface area contributed by atoms with E-state index in [1.165, 1.54) is 42.0 Å². The van der Waals surface area contributed by atoms with E-state index in [4.69, 9.17) is 14.2 Å². The zero-order chi connectivity index (χ0) is 30.0. The van der Waals surface area contributed by atoms with E-state index >= 15 is 0 Å². The van der Waals surface area contributed by atoms with Crippen LogP contribution in [0.4, 0.5) is 13.2 Å². The SMILES string of the molecule is CCOC(=O)C1=C(C)N=c2s/c(=C\c3ccc(OC)c(COc4ccc(F)cc4F)c3)c(=O)n2[C@@H]1c1ccc(F)cc1. The Kier molecular flexibility index (Phi) is 8.30. The van der Waals surface area contributed by atoms with Crippen molar-refractivity contribution >= 4 is 23.4 Å². The van der Waals surface area contributed by atoms with Crippen molar-refractivity contribution in [2.75, 3.05) is 13.7 Å². The molecule has 0 saturated carbocycles. The molecule has 0 fully saturated rings. The molecule has 1 aliphatic heterocycles. The Morgan fingerprint density at radius 3 is 2.43 bits per heavy atom. The fourth-order valence-electron chi connectivity index (χ4n) is 4.65. The van der Waals surface area contributed by atoms with Gasteiger partial charge in [0.2, 0.25) is 0 Å². The van der Waals surface area contributed by atoms with Crippen LogP contribution in [-0.4, -0.2) is 24.3 Å². The van der Waals surface area contributed by atoms with Gasteiger partial charge in [0.1, 0.15) is 24.0 Å². The van der Waals surface area contributed by atoms with E-state index in [2.05, 4.69) is 4.99 Å². The lowest BCUT2D eigenvalue weighted by atomic mass is 9.96. The molecule has 0 N–H and O–H groups in total. The second-order valence-electron chi connectivity index (χ2n) is 9.29. The van der Waals surface area contributed by atoms with Crippen molar-refractivity contribution in [2.24, 2.45) is 4.99 Å². The lowest BCUT2D eigenvalue weighted by Crippen LogP contribution is -2.39. The van der Waals surface area contributed by atoms with E-state index in [0.29, 0.717) is 37.5 Å². The van der Waals surface area contributed by atoms with Crippen LogP contribution in [0.25, 0.3) is 6.08 Å². The summed E-state index contributed by atoms with van der Waals surface area (Å²) in [5, 5.41) is 0. The molecule has 1 aromatic heterocycles. The summed E-state index contributed by atoms with van der Waals surface area (Å²) in [6, 6.07) is 12.9. The standard InChI is InChI=1S/C31H25F3N2O5S/c1-4-40-30(38)27-17(2)35-31-36(28(27)19-6-8-21(32)9-7-19)29(37)26(42-31)14-18-5-11-24(39-3)20(13-18)16-41-25-12-10-22(33)15-23(25)34/h5-15,28H,4,16H2,1-3H3/b26-14-/t28-/m1/s1. The number of halogens is 3. The van der Waals surface area contributed by atoms with E-state index < -0.39 is 35.0 Å². The van der Waals surface area contributed by atoms with Crippen LogP contribution in [0.15, 0.2) is 81.7 Å². The van der Waals surface area contributed by atoms with Crippen molar-refractivity contribution in [3.63, 3.8) is 0 Å². The number of allylic oxidation sites excluding steroid dienone is 1. The fourth-order valence-corrected chi connectivity index (χ4v) is 5.70. The number of rotatable bonds is 8. The molecular formula is C31H25F3N2O5S. The number of nitrogens with zero attached hydrogens (tertiary/aromatic N) is 2. The summed E-state index contributed by atoms with van der Waals surface area (Å²) in [5.74, 6) is -2.26. The van der Waals surface area contributed by atoms with E-state index in [1.807, 2.05) is 0 Å². The van der Waals surface area contributed by atoms with Gasteiger partial charge in [-0.1, -0.05) is 29.5 Å². The van der Waals surface area contributed by atoms with Gasteiger partial charge in [0.15, 0.2) is 16.4 Å². The Labute approximate surface area is 242 Å². The molecule has 1 aliphatic rings.